The number of methoxy groups -OCH3 is 2. The molecule has 0 aliphatic heterocycles. The molecule has 1 aromatic heterocycles. The SMILES string of the molecule is CCCCn1c(-c2cccc(OC)c2OC)nc2ccccc21. The number of imidazole rings is 1. The molecule has 4 heteroatoms. The fraction of sp³-hybridized carbons (Fsp3) is 0.316. The van der Waals surface area contributed by atoms with Crippen molar-refractivity contribution < 1.29 is 9.47 Å². The van der Waals surface area contributed by atoms with E-state index in [1.54, 1.807) is 14.2 Å². The second-order valence-corrected chi connectivity index (χ2v) is 5.47. The lowest BCUT2D eigenvalue weighted by Crippen LogP contribution is -2.02. The van der Waals surface area contributed by atoms with Gasteiger partial charge in [0, 0.05) is 6.54 Å². The first-order valence-electron chi connectivity index (χ1n) is 7.96. The van der Waals surface area contributed by atoms with Gasteiger partial charge in [-0.2, -0.15) is 0 Å². The van der Waals surface area contributed by atoms with E-state index in [-0.39, 0.29) is 0 Å². The highest BCUT2D eigenvalue weighted by Gasteiger charge is 2.18. The molecule has 0 aliphatic rings. The summed E-state index contributed by atoms with van der Waals surface area (Å²) in [7, 11) is 3.32. The van der Waals surface area contributed by atoms with E-state index in [0.29, 0.717) is 0 Å². The van der Waals surface area contributed by atoms with Crippen molar-refractivity contribution in [3.05, 3.63) is 42.5 Å². The fourth-order valence-corrected chi connectivity index (χ4v) is 2.89. The summed E-state index contributed by atoms with van der Waals surface area (Å²) < 4.78 is 13.3. The lowest BCUT2D eigenvalue weighted by molar-refractivity contribution is 0.356. The Hall–Kier alpha value is -2.49. The molecule has 0 unspecified atom stereocenters. The predicted octanol–water partition coefficient (Wildman–Crippen LogP) is 4.52. The standard InChI is InChI=1S/C19H22N2O2/c1-4-5-13-21-16-11-7-6-10-15(16)20-19(21)14-9-8-12-17(22-2)18(14)23-3/h6-12H,4-5,13H2,1-3H3. The molecule has 0 amide bonds. The van der Waals surface area contributed by atoms with Gasteiger partial charge in [0.1, 0.15) is 5.82 Å². The van der Waals surface area contributed by atoms with Crippen molar-refractivity contribution >= 4 is 11.0 Å². The topological polar surface area (TPSA) is 36.3 Å². The Labute approximate surface area is 136 Å². The Kier molecular flexibility index (Phi) is 4.51. The van der Waals surface area contributed by atoms with Crippen LogP contribution < -0.4 is 9.47 Å². The first kappa shape index (κ1) is 15.4. The quantitative estimate of drug-likeness (QED) is 0.671. The highest BCUT2D eigenvalue weighted by atomic mass is 16.5. The molecule has 0 spiro atoms. The highest BCUT2D eigenvalue weighted by Crippen LogP contribution is 2.38. The summed E-state index contributed by atoms with van der Waals surface area (Å²) in [4.78, 5) is 4.85. The van der Waals surface area contributed by atoms with Crippen molar-refractivity contribution in [2.24, 2.45) is 0 Å². The van der Waals surface area contributed by atoms with Crippen LogP contribution in [-0.2, 0) is 6.54 Å². The average molecular weight is 310 g/mol. The molecule has 3 rings (SSSR count). The number of hydrogen-bond donors (Lipinski definition) is 0. The number of aryl methyl sites for hydroxylation is 1. The monoisotopic (exact) mass is 310 g/mol. The molecule has 0 fully saturated rings. The van der Waals surface area contributed by atoms with E-state index < -0.39 is 0 Å². The lowest BCUT2D eigenvalue weighted by Gasteiger charge is -2.14. The molecule has 0 radical (unpaired) electrons. The van der Waals surface area contributed by atoms with Crippen LogP contribution in [0.1, 0.15) is 19.8 Å². The Morgan fingerprint density at radius 1 is 1.00 bits per heavy atom. The zero-order valence-electron chi connectivity index (χ0n) is 13.9. The molecule has 0 saturated carbocycles. The number of unbranched alkanes of at least 4 members (excludes halogenated alkanes) is 1. The second-order valence-electron chi connectivity index (χ2n) is 5.47. The molecule has 4 nitrogen and oxygen atoms in total. The third-order valence-corrected chi connectivity index (χ3v) is 4.03. The van der Waals surface area contributed by atoms with E-state index in [9.17, 15) is 0 Å². The van der Waals surface area contributed by atoms with Crippen molar-refractivity contribution in [2.75, 3.05) is 14.2 Å². The molecular weight excluding hydrogens is 288 g/mol. The molecule has 1 heterocycles. The van der Waals surface area contributed by atoms with Crippen LogP contribution in [0.3, 0.4) is 0 Å². The molecular formula is C19H22N2O2. The maximum Gasteiger partial charge on any atom is 0.171 e. The number of rotatable bonds is 6. The first-order chi connectivity index (χ1) is 11.3. The van der Waals surface area contributed by atoms with E-state index in [1.165, 1.54) is 0 Å². The largest absolute Gasteiger partial charge is 0.493 e. The van der Waals surface area contributed by atoms with E-state index in [0.717, 1.165) is 53.3 Å². The zero-order chi connectivity index (χ0) is 16.2. The Bertz CT molecular complexity index is 808. The molecule has 120 valence electrons. The highest BCUT2D eigenvalue weighted by molar-refractivity contribution is 5.82. The Morgan fingerprint density at radius 3 is 2.57 bits per heavy atom. The smallest absolute Gasteiger partial charge is 0.171 e. The summed E-state index contributed by atoms with van der Waals surface area (Å²) in [5, 5.41) is 0. The van der Waals surface area contributed by atoms with Gasteiger partial charge in [0.2, 0.25) is 0 Å². The molecule has 0 N–H and O–H groups in total. The molecule has 3 aromatic rings. The molecule has 23 heavy (non-hydrogen) atoms. The van der Waals surface area contributed by atoms with Gasteiger partial charge in [0.05, 0.1) is 30.8 Å². The number of nitrogens with zero attached hydrogens (tertiary/aromatic N) is 2. The van der Waals surface area contributed by atoms with Gasteiger partial charge in [-0.05, 0) is 30.7 Å². The van der Waals surface area contributed by atoms with Crippen LogP contribution >= 0.6 is 0 Å². The van der Waals surface area contributed by atoms with Crippen molar-refractivity contribution in [2.45, 2.75) is 26.3 Å². The maximum atomic E-state index is 5.60. The molecule has 0 aliphatic carbocycles. The van der Waals surface area contributed by atoms with Crippen molar-refractivity contribution in [3.63, 3.8) is 0 Å². The van der Waals surface area contributed by atoms with Crippen LogP contribution in [-0.4, -0.2) is 23.8 Å². The van der Waals surface area contributed by atoms with Crippen molar-refractivity contribution in [1.82, 2.24) is 9.55 Å². The van der Waals surface area contributed by atoms with Gasteiger partial charge in [-0.25, -0.2) is 4.98 Å². The van der Waals surface area contributed by atoms with Gasteiger partial charge >= 0.3 is 0 Å². The summed E-state index contributed by atoms with van der Waals surface area (Å²) in [5.74, 6) is 2.37. The Balaban J connectivity index is 2.23. The molecule has 0 atom stereocenters. The third kappa shape index (κ3) is 2.77. The van der Waals surface area contributed by atoms with Gasteiger partial charge in [-0.1, -0.05) is 31.5 Å². The number of benzene rings is 2. The van der Waals surface area contributed by atoms with Gasteiger partial charge in [-0.15, -0.1) is 0 Å². The van der Waals surface area contributed by atoms with E-state index in [2.05, 4.69) is 23.6 Å². The van der Waals surface area contributed by atoms with Gasteiger partial charge in [0.25, 0.3) is 0 Å². The van der Waals surface area contributed by atoms with Crippen LogP contribution in [0.5, 0.6) is 11.5 Å². The van der Waals surface area contributed by atoms with Gasteiger partial charge < -0.3 is 14.0 Å². The van der Waals surface area contributed by atoms with Gasteiger partial charge in [0.15, 0.2) is 11.5 Å². The van der Waals surface area contributed by atoms with Crippen LogP contribution in [0.2, 0.25) is 0 Å². The average Bonchev–Trinajstić information content (AvgIpc) is 2.97. The predicted molar refractivity (Wildman–Crippen MR) is 93.2 cm³/mol. The third-order valence-electron chi connectivity index (χ3n) is 4.03. The molecule has 2 aromatic carbocycles. The first-order valence-corrected chi connectivity index (χ1v) is 7.96. The van der Waals surface area contributed by atoms with Crippen LogP contribution in [0, 0.1) is 0 Å². The van der Waals surface area contributed by atoms with E-state index >= 15 is 0 Å². The van der Waals surface area contributed by atoms with Crippen molar-refractivity contribution in [1.29, 1.82) is 0 Å². The van der Waals surface area contributed by atoms with E-state index in [4.69, 9.17) is 14.5 Å². The van der Waals surface area contributed by atoms with Gasteiger partial charge in [-0.3, -0.25) is 0 Å². The lowest BCUT2D eigenvalue weighted by atomic mass is 10.1. The summed E-state index contributed by atoms with van der Waals surface area (Å²) in [6.45, 7) is 3.14. The number of aromatic nitrogens is 2. The summed E-state index contributed by atoms with van der Waals surface area (Å²) in [6, 6.07) is 14.2. The number of para-hydroxylation sites is 3. The molecule has 0 bridgehead atoms. The summed E-state index contributed by atoms with van der Waals surface area (Å²) in [6.07, 6.45) is 2.25. The summed E-state index contributed by atoms with van der Waals surface area (Å²) in [5.41, 5.74) is 3.11. The van der Waals surface area contributed by atoms with Crippen LogP contribution in [0.15, 0.2) is 42.5 Å². The minimum Gasteiger partial charge on any atom is -0.493 e. The zero-order valence-corrected chi connectivity index (χ0v) is 13.9. The number of hydrogen-bond acceptors (Lipinski definition) is 3. The fourth-order valence-electron chi connectivity index (χ4n) is 2.89. The van der Waals surface area contributed by atoms with Crippen LogP contribution in [0.4, 0.5) is 0 Å². The molecule has 0 saturated heterocycles. The number of ether oxygens (including phenoxy) is 2. The minimum atomic E-state index is 0.721. The normalized spacial score (nSPS) is 10.9. The van der Waals surface area contributed by atoms with Crippen molar-refractivity contribution in [3.8, 4) is 22.9 Å². The summed E-state index contributed by atoms with van der Waals surface area (Å²) >= 11 is 0. The Morgan fingerprint density at radius 2 is 1.83 bits per heavy atom. The number of fused-ring (bicyclic) bond motifs is 1. The maximum absolute atomic E-state index is 5.60. The second kappa shape index (κ2) is 6.73. The minimum absolute atomic E-state index is 0.721. The van der Waals surface area contributed by atoms with E-state index in [1.807, 2.05) is 30.3 Å². The van der Waals surface area contributed by atoms with Crippen LogP contribution in [0.25, 0.3) is 22.4 Å².